The molecule has 1 aliphatic carbocycles. The van der Waals surface area contributed by atoms with E-state index in [1.165, 1.54) is 25.7 Å². The minimum absolute atomic E-state index is 0. The van der Waals surface area contributed by atoms with E-state index in [-0.39, 0.29) is 12.4 Å². The lowest BCUT2D eigenvalue weighted by Crippen LogP contribution is -2.61. The molecule has 92 valence electrons. The monoisotopic (exact) mass is 244 g/mol. The van der Waals surface area contributed by atoms with E-state index in [4.69, 9.17) is 0 Å². The van der Waals surface area contributed by atoms with Crippen molar-refractivity contribution in [2.45, 2.75) is 50.6 Å². The van der Waals surface area contributed by atoms with Gasteiger partial charge in [0.15, 0.2) is 0 Å². The quantitative estimate of drug-likeness (QED) is 0.759. The molecule has 0 aromatic carbocycles. The number of nitrogens with zero attached hydrogens (tertiary/aromatic N) is 1. The highest BCUT2D eigenvalue weighted by Crippen LogP contribution is 2.30. The number of piperidine rings is 1. The minimum Gasteiger partial charge on any atom is -0.339 e. The van der Waals surface area contributed by atoms with Crippen LogP contribution in [0.4, 0.5) is 0 Å². The van der Waals surface area contributed by atoms with Gasteiger partial charge in [-0.25, -0.2) is 0 Å². The van der Waals surface area contributed by atoms with E-state index in [9.17, 15) is 4.79 Å². The van der Waals surface area contributed by atoms with E-state index in [2.05, 4.69) is 10.2 Å². The molecule has 16 heavy (non-hydrogen) atoms. The van der Waals surface area contributed by atoms with Gasteiger partial charge in [0.1, 0.15) is 0 Å². The molecule has 2 heterocycles. The van der Waals surface area contributed by atoms with Gasteiger partial charge in [-0.05, 0) is 25.7 Å². The first-order valence-corrected chi connectivity index (χ1v) is 6.38. The Bertz CT molecular complexity index is 256. The normalized spacial score (nSPS) is 33.9. The van der Waals surface area contributed by atoms with Crippen molar-refractivity contribution < 1.29 is 4.79 Å². The maximum absolute atomic E-state index is 12.1. The number of carbonyl (C=O) groups excluding carboxylic acids is 1. The summed E-state index contributed by atoms with van der Waals surface area (Å²) in [6.45, 7) is 1.93. The van der Waals surface area contributed by atoms with Crippen molar-refractivity contribution in [3.8, 4) is 0 Å². The summed E-state index contributed by atoms with van der Waals surface area (Å²) < 4.78 is 0. The Balaban J connectivity index is 0.000000963. The first kappa shape index (κ1) is 12.2. The number of likely N-dealkylation sites (tertiary alicyclic amines) is 1. The van der Waals surface area contributed by atoms with Crippen molar-refractivity contribution in [1.29, 1.82) is 0 Å². The summed E-state index contributed by atoms with van der Waals surface area (Å²) in [6, 6.07) is 1.17. The molecule has 1 N–H and O–H groups in total. The summed E-state index contributed by atoms with van der Waals surface area (Å²) in [4.78, 5) is 14.2. The molecular formula is C12H21ClN2O. The summed E-state index contributed by atoms with van der Waals surface area (Å²) in [7, 11) is 0. The van der Waals surface area contributed by atoms with Gasteiger partial charge in [-0.15, -0.1) is 12.4 Å². The van der Waals surface area contributed by atoms with Gasteiger partial charge in [0, 0.05) is 31.1 Å². The van der Waals surface area contributed by atoms with Crippen LogP contribution in [0.5, 0.6) is 0 Å². The predicted molar refractivity (Wildman–Crippen MR) is 65.7 cm³/mol. The molecule has 0 spiro atoms. The molecule has 1 saturated carbocycles. The number of fused-ring (bicyclic) bond motifs is 2. The van der Waals surface area contributed by atoms with Crippen LogP contribution in [0.2, 0.25) is 0 Å². The van der Waals surface area contributed by atoms with E-state index >= 15 is 0 Å². The molecule has 0 aromatic heterocycles. The smallest absolute Gasteiger partial charge is 0.225 e. The number of piperazine rings is 1. The Morgan fingerprint density at radius 1 is 1.00 bits per heavy atom. The molecule has 0 aromatic rings. The number of carbonyl (C=O) groups is 1. The molecule has 2 bridgehead atoms. The van der Waals surface area contributed by atoms with Crippen molar-refractivity contribution >= 4 is 18.3 Å². The molecule has 3 rings (SSSR count). The SMILES string of the molecule is Cl.O=C(C1CCC1)N1CC2CCCC(C1)N2. The van der Waals surface area contributed by atoms with Crippen molar-refractivity contribution in [2.75, 3.05) is 13.1 Å². The largest absolute Gasteiger partial charge is 0.339 e. The van der Waals surface area contributed by atoms with Crippen molar-refractivity contribution in [3.05, 3.63) is 0 Å². The number of halogens is 1. The average Bonchev–Trinajstić information content (AvgIpc) is 2.14. The fourth-order valence-electron chi connectivity index (χ4n) is 3.10. The maximum atomic E-state index is 12.1. The average molecular weight is 245 g/mol. The van der Waals surface area contributed by atoms with Gasteiger partial charge in [0.25, 0.3) is 0 Å². The Kier molecular flexibility index (Phi) is 3.75. The second-order valence-corrected chi connectivity index (χ2v) is 5.36. The lowest BCUT2D eigenvalue weighted by Gasteiger charge is -2.44. The third-order valence-electron chi connectivity index (χ3n) is 4.22. The highest BCUT2D eigenvalue weighted by Gasteiger charge is 2.36. The van der Waals surface area contributed by atoms with E-state index in [1.54, 1.807) is 0 Å². The van der Waals surface area contributed by atoms with Gasteiger partial charge in [0.05, 0.1) is 0 Å². The Morgan fingerprint density at radius 2 is 1.56 bits per heavy atom. The third kappa shape index (κ3) is 2.21. The molecule has 3 nitrogen and oxygen atoms in total. The first-order valence-electron chi connectivity index (χ1n) is 6.38. The Morgan fingerprint density at radius 3 is 2.06 bits per heavy atom. The van der Waals surface area contributed by atoms with Crippen LogP contribution in [-0.4, -0.2) is 36.0 Å². The Hall–Kier alpha value is -0.280. The fourth-order valence-corrected chi connectivity index (χ4v) is 3.10. The minimum atomic E-state index is 0. The van der Waals surface area contributed by atoms with Crippen molar-refractivity contribution in [1.82, 2.24) is 10.2 Å². The molecule has 2 aliphatic heterocycles. The van der Waals surface area contributed by atoms with E-state index < -0.39 is 0 Å². The highest BCUT2D eigenvalue weighted by molar-refractivity contribution is 5.85. The third-order valence-corrected chi connectivity index (χ3v) is 4.22. The van der Waals surface area contributed by atoms with Gasteiger partial charge >= 0.3 is 0 Å². The molecule has 3 fully saturated rings. The first-order chi connectivity index (χ1) is 7.33. The number of amides is 1. The molecular weight excluding hydrogens is 224 g/mol. The standard InChI is InChI=1S/C12H20N2O.ClH/c15-12(9-3-1-4-9)14-7-10-5-2-6-11(8-14)13-10;/h9-11,13H,1-8H2;1H. The van der Waals surface area contributed by atoms with Gasteiger partial charge in [-0.2, -0.15) is 0 Å². The summed E-state index contributed by atoms with van der Waals surface area (Å²) in [5.41, 5.74) is 0. The molecule has 2 saturated heterocycles. The molecule has 3 aliphatic rings. The molecule has 0 radical (unpaired) electrons. The summed E-state index contributed by atoms with van der Waals surface area (Å²) >= 11 is 0. The zero-order valence-electron chi connectivity index (χ0n) is 9.65. The number of hydrogen-bond acceptors (Lipinski definition) is 2. The lowest BCUT2D eigenvalue weighted by molar-refractivity contribution is -0.140. The number of nitrogens with one attached hydrogen (secondary N) is 1. The fraction of sp³-hybridized carbons (Fsp3) is 0.917. The predicted octanol–water partition coefficient (Wildman–Crippen LogP) is 1.56. The second kappa shape index (κ2) is 4.92. The van der Waals surface area contributed by atoms with Crippen LogP contribution in [0.1, 0.15) is 38.5 Å². The van der Waals surface area contributed by atoms with Crippen LogP contribution in [0.15, 0.2) is 0 Å². The number of hydrogen-bond donors (Lipinski definition) is 1. The van der Waals surface area contributed by atoms with Gasteiger partial charge in [-0.3, -0.25) is 4.79 Å². The summed E-state index contributed by atoms with van der Waals surface area (Å²) in [5.74, 6) is 0.823. The van der Waals surface area contributed by atoms with Crippen LogP contribution in [0.25, 0.3) is 0 Å². The Labute approximate surface area is 103 Å². The lowest BCUT2D eigenvalue weighted by atomic mass is 9.83. The van der Waals surface area contributed by atoms with Crippen LogP contribution < -0.4 is 5.32 Å². The second-order valence-electron chi connectivity index (χ2n) is 5.36. The van der Waals surface area contributed by atoms with Gasteiger partial charge < -0.3 is 10.2 Å². The van der Waals surface area contributed by atoms with E-state index in [1.807, 2.05) is 0 Å². The van der Waals surface area contributed by atoms with E-state index in [0.29, 0.717) is 23.9 Å². The van der Waals surface area contributed by atoms with Crippen LogP contribution in [0.3, 0.4) is 0 Å². The highest BCUT2D eigenvalue weighted by atomic mass is 35.5. The van der Waals surface area contributed by atoms with Crippen molar-refractivity contribution in [2.24, 2.45) is 5.92 Å². The molecule has 2 unspecified atom stereocenters. The topological polar surface area (TPSA) is 32.3 Å². The van der Waals surface area contributed by atoms with Crippen LogP contribution >= 0.6 is 12.4 Å². The zero-order valence-corrected chi connectivity index (χ0v) is 10.5. The number of rotatable bonds is 1. The summed E-state index contributed by atoms with van der Waals surface area (Å²) in [5, 5.41) is 3.62. The zero-order chi connectivity index (χ0) is 10.3. The van der Waals surface area contributed by atoms with Crippen LogP contribution in [-0.2, 0) is 4.79 Å². The van der Waals surface area contributed by atoms with E-state index in [0.717, 1.165) is 25.9 Å². The van der Waals surface area contributed by atoms with Gasteiger partial charge in [0.2, 0.25) is 5.91 Å². The van der Waals surface area contributed by atoms with Gasteiger partial charge in [-0.1, -0.05) is 12.8 Å². The molecule has 4 heteroatoms. The molecule has 2 atom stereocenters. The summed E-state index contributed by atoms with van der Waals surface area (Å²) in [6.07, 6.45) is 7.38. The molecule has 1 amide bonds. The van der Waals surface area contributed by atoms with Crippen molar-refractivity contribution in [3.63, 3.8) is 0 Å². The van der Waals surface area contributed by atoms with Crippen LogP contribution in [0, 0.1) is 5.92 Å². The maximum Gasteiger partial charge on any atom is 0.225 e.